The molecule has 1 N–H and O–H groups in total. The Hall–Kier alpha value is -2.17. The topological polar surface area (TPSA) is 43.8 Å². The van der Waals surface area contributed by atoms with Gasteiger partial charge in [-0.15, -0.1) is 0 Å². The summed E-state index contributed by atoms with van der Waals surface area (Å²) in [6.07, 6.45) is 2.38. The maximum atomic E-state index is 13.0. The highest BCUT2D eigenvalue weighted by molar-refractivity contribution is 5.94. The number of amides is 1. The summed E-state index contributed by atoms with van der Waals surface area (Å²) in [4.78, 5) is 17.6. The van der Waals surface area contributed by atoms with Gasteiger partial charge in [-0.25, -0.2) is 0 Å². The number of nitrogens with zero attached hydrogens (tertiary/aromatic N) is 2. The van der Waals surface area contributed by atoms with Crippen LogP contribution in [0.1, 0.15) is 34.3 Å². The van der Waals surface area contributed by atoms with Crippen LogP contribution in [0.4, 0.5) is 0 Å². The van der Waals surface area contributed by atoms with E-state index >= 15 is 0 Å². The van der Waals surface area contributed by atoms with Crippen molar-refractivity contribution in [2.24, 2.45) is 5.92 Å². The summed E-state index contributed by atoms with van der Waals surface area (Å²) in [5.74, 6) is 0.672. The summed E-state index contributed by atoms with van der Waals surface area (Å²) in [6.45, 7) is 3.71. The molecule has 26 heavy (non-hydrogen) atoms. The van der Waals surface area contributed by atoms with Crippen LogP contribution >= 0.6 is 0 Å². The van der Waals surface area contributed by atoms with Gasteiger partial charge >= 0.3 is 0 Å². The average molecular weight is 350 g/mol. The number of hydrogen-bond donors (Lipinski definition) is 1. The molecule has 0 aliphatic carbocycles. The lowest BCUT2D eigenvalue weighted by Gasteiger charge is -2.36. The minimum absolute atomic E-state index is 0.0107. The van der Waals surface area contributed by atoms with Crippen molar-refractivity contribution in [2.75, 3.05) is 19.6 Å². The van der Waals surface area contributed by atoms with Gasteiger partial charge in [-0.05, 0) is 42.0 Å². The maximum Gasteiger partial charge on any atom is 0.253 e. The van der Waals surface area contributed by atoms with Crippen LogP contribution in [0.3, 0.4) is 0 Å². The second-order valence-electron chi connectivity index (χ2n) is 7.58. The number of carbonyl (C=O) groups is 1. The quantitative estimate of drug-likeness (QED) is 0.922. The van der Waals surface area contributed by atoms with E-state index in [0.717, 1.165) is 37.3 Å². The van der Waals surface area contributed by atoms with Crippen LogP contribution in [0, 0.1) is 5.92 Å². The molecule has 136 valence electrons. The Kier molecular flexibility index (Phi) is 5.05. The lowest BCUT2D eigenvalue weighted by atomic mass is 9.94. The van der Waals surface area contributed by atoms with E-state index in [2.05, 4.69) is 35.2 Å². The van der Waals surface area contributed by atoms with E-state index in [0.29, 0.717) is 12.0 Å². The van der Waals surface area contributed by atoms with Crippen molar-refractivity contribution in [3.63, 3.8) is 0 Å². The number of fused-ring (bicyclic) bond motifs is 4. The van der Waals surface area contributed by atoms with Crippen LogP contribution in [-0.2, 0) is 13.2 Å². The van der Waals surface area contributed by atoms with Crippen molar-refractivity contribution >= 4 is 5.91 Å². The summed E-state index contributed by atoms with van der Waals surface area (Å²) in [7, 11) is 0. The van der Waals surface area contributed by atoms with Gasteiger partial charge < -0.3 is 10.0 Å². The van der Waals surface area contributed by atoms with Gasteiger partial charge in [-0.3, -0.25) is 9.69 Å². The summed E-state index contributed by atoms with van der Waals surface area (Å²) in [5.41, 5.74) is 2.90. The van der Waals surface area contributed by atoms with E-state index in [1.807, 2.05) is 29.2 Å². The van der Waals surface area contributed by atoms with Crippen molar-refractivity contribution in [1.82, 2.24) is 9.80 Å². The molecule has 1 amide bonds. The van der Waals surface area contributed by atoms with Crippen molar-refractivity contribution < 1.29 is 9.90 Å². The summed E-state index contributed by atoms with van der Waals surface area (Å²) in [6, 6.07) is 18.4. The molecule has 3 aliphatic rings. The third kappa shape index (κ3) is 3.67. The van der Waals surface area contributed by atoms with Crippen LogP contribution in [0.25, 0.3) is 0 Å². The largest absolute Gasteiger partial charge is 0.392 e. The van der Waals surface area contributed by atoms with Gasteiger partial charge in [0.2, 0.25) is 0 Å². The minimum Gasteiger partial charge on any atom is -0.392 e. The first-order valence-electron chi connectivity index (χ1n) is 9.50. The molecule has 2 bridgehead atoms. The first-order chi connectivity index (χ1) is 12.7. The van der Waals surface area contributed by atoms with E-state index < -0.39 is 0 Å². The predicted octanol–water partition coefficient (Wildman–Crippen LogP) is 2.92. The highest BCUT2D eigenvalue weighted by Crippen LogP contribution is 2.30. The van der Waals surface area contributed by atoms with Gasteiger partial charge in [0, 0.05) is 37.8 Å². The summed E-state index contributed by atoms with van der Waals surface area (Å²) >= 11 is 0. The van der Waals surface area contributed by atoms with Gasteiger partial charge in [-0.1, -0.05) is 42.5 Å². The Morgan fingerprint density at radius 1 is 0.923 bits per heavy atom. The molecule has 0 spiro atoms. The average Bonchev–Trinajstić information content (AvgIpc) is 3.00. The van der Waals surface area contributed by atoms with Crippen LogP contribution in [0.15, 0.2) is 54.6 Å². The number of rotatable bonds is 4. The minimum atomic E-state index is 0.0107. The highest BCUT2D eigenvalue weighted by atomic mass is 16.3. The zero-order valence-corrected chi connectivity index (χ0v) is 15.1. The SMILES string of the molecule is O=C(c1ccc(CO)cc1)N1C[C@@H]2CC[C@H](C1)N(Cc1ccccc1)C2. The lowest BCUT2D eigenvalue weighted by molar-refractivity contribution is 0.0736. The van der Waals surface area contributed by atoms with Gasteiger partial charge in [0.05, 0.1) is 6.61 Å². The van der Waals surface area contributed by atoms with Gasteiger partial charge in [-0.2, -0.15) is 0 Å². The first-order valence-corrected chi connectivity index (χ1v) is 9.50. The van der Waals surface area contributed by atoms with E-state index in [1.165, 1.54) is 18.4 Å². The van der Waals surface area contributed by atoms with Crippen molar-refractivity contribution in [3.05, 3.63) is 71.3 Å². The zero-order valence-electron chi connectivity index (χ0n) is 15.1. The highest BCUT2D eigenvalue weighted by Gasteiger charge is 2.36. The molecular weight excluding hydrogens is 324 g/mol. The standard InChI is InChI=1S/C22H26N2O2/c25-16-18-6-9-20(10-7-18)22(26)24-14-19-8-11-21(15-24)23(13-19)12-17-4-2-1-3-5-17/h1-7,9-10,19,21,25H,8,11-16H2/t19-,21-/m1/s1. The van der Waals surface area contributed by atoms with E-state index in [-0.39, 0.29) is 12.5 Å². The molecular formula is C22H26N2O2. The third-order valence-corrected chi connectivity index (χ3v) is 5.73. The van der Waals surface area contributed by atoms with Crippen LogP contribution in [0.5, 0.6) is 0 Å². The molecule has 3 fully saturated rings. The fraction of sp³-hybridized carbons (Fsp3) is 0.409. The molecule has 0 radical (unpaired) electrons. The fourth-order valence-corrected chi connectivity index (χ4v) is 4.29. The zero-order chi connectivity index (χ0) is 17.9. The Bertz CT molecular complexity index is 744. The molecule has 4 nitrogen and oxygen atoms in total. The van der Waals surface area contributed by atoms with Gasteiger partial charge in [0.15, 0.2) is 0 Å². The van der Waals surface area contributed by atoms with E-state index in [4.69, 9.17) is 0 Å². The molecule has 0 saturated carbocycles. The second-order valence-corrected chi connectivity index (χ2v) is 7.58. The Balaban J connectivity index is 1.47. The molecule has 2 aromatic carbocycles. The Morgan fingerprint density at radius 2 is 1.69 bits per heavy atom. The molecule has 4 heteroatoms. The molecule has 3 heterocycles. The smallest absolute Gasteiger partial charge is 0.253 e. The fourth-order valence-electron chi connectivity index (χ4n) is 4.29. The Morgan fingerprint density at radius 3 is 2.42 bits per heavy atom. The number of aliphatic hydroxyl groups excluding tert-OH is 1. The van der Waals surface area contributed by atoms with Crippen LogP contribution < -0.4 is 0 Å². The number of aliphatic hydroxyl groups is 1. The molecule has 2 atom stereocenters. The molecule has 2 aromatic rings. The molecule has 3 aliphatic heterocycles. The van der Waals surface area contributed by atoms with Crippen LogP contribution in [0.2, 0.25) is 0 Å². The van der Waals surface area contributed by atoms with E-state index in [9.17, 15) is 9.90 Å². The number of piperidine rings is 1. The normalized spacial score (nSPS) is 23.0. The molecule has 3 saturated heterocycles. The first kappa shape index (κ1) is 17.3. The Labute approximate surface area is 155 Å². The lowest BCUT2D eigenvalue weighted by Crippen LogP contribution is -2.43. The van der Waals surface area contributed by atoms with Crippen molar-refractivity contribution in [3.8, 4) is 0 Å². The monoisotopic (exact) mass is 350 g/mol. The van der Waals surface area contributed by atoms with Crippen molar-refractivity contribution in [1.29, 1.82) is 0 Å². The van der Waals surface area contributed by atoms with E-state index in [1.54, 1.807) is 0 Å². The van der Waals surface area contributed by atoms with Crippen LogP contribution in [-0.4, -0.2) is 46.5 Å². The maximum absolute atomic E-state index is 13.0. The summed E-state index contributed by atoms with van der Waals surface area (Å²) in [5, 5.41) is 9.18. The van der Waals surface area contributed by atoms with Gasteiger partial charge in [0.25, 0.3) is 5.91 Å². The van der Waals surface area contributed by atoms with Crippen molar-refractivity contribution in [2.45, 2.75) is 32.0 Å². The second kappa shape index (κ2) is 7.60. The molecule has 5 rings (SSSR count). The third-order valence-electron chi connectivity index (χ3n) is 5.73. The summed E-state index contributed by atoms with van der Waals surface area (Å²) < 4.78 is 0. The van der Waals surface area contributed by atoms with Gasteiger partial charge in [0.1, 0.15) is 0 Å². The number of carbonyl (C=O) groups excluding carboxylic acids is 1. The number of benzene rings is 2. The predicted molar refractivity (Wildman–Crippen MR) is 102 cm³/mol. The molecule has 0 unspecified atom stereocenters. The molecule has 0 aromatic heterocycles. The number of hydrogen-bond acceptors (Lipinski definition) is 3.